The van der Waals surface area contributed by atoms with E-state index >= 15 is 0 Å². The van der Waals surface area contributed by atoms with E-state index in [0.717, 1.165) is 16.8 Å². The Bertz CT molecular complexity index is 916. The molecule has 2 aromatic rings. The van der Waals surface area contributed by atoms with Crippen LogP contribution in [0.5, 0.6) is 0 Å². The lowest BCUT2D eigenvalue weighted by molar-refractivity contribution is -0.121. The largest absolute Gasteiger partial charge is 0.314 e. The van der Waals surface area contributed by atoms with E-state index in [0.29, 0.717) is 5.69 Å². The molecule has 2 aromatic carbocycles. The van der Waals surface area contributed by atoms with Gasteiger partial charge < -0.3 is 4.90 Å². The summed E-state index contributed by atoms with van der Waals surface area (Å²) < 4.78 is 27.6. The van der Waals surface area contributed by atoms with Crippen LogP contribution in [0, 0.1) is 6.92 Å². The number of carbonyl (C=O) groups is 1. The standard InChI is InChI=1S/C18H20N2O3S/c1-12-5-8-14(9-6-12)24(22,23)19-13-7-10-15-16(11-13)20(4)17(21)18(15,2)3/h5-11,19H,1-4H3. The van der Waals surface area contributed by atoms with Crippen molar-refractivity contribution in [1.29, 1.82) is 0 Å². The number of nitrogens with one attached hydrogen (secondary N) is 1. The highest BCUT2D eigenvalue weighted by Crippen LogP contribution is 2.42. The van der Waals surface area contributed by atoms with Gasteiger partial charge in [-0.3, -0.25) is 9.52 Å². The van der Waals surface area contributed by atoms with Gasteiger partial charge in [0.15, 0.2) is 0 Å². The SMILES string of the molecule is Cc1ccc(S(=O)(=O)Nc2ccc3c(c2)N(C)C(=O)C3(C)C)cc1. The first-order valence-electron chi connectivity index (χ1n) is 7.65. The molecule has 0 atom stereocenters. The first-order chi connectivity index (χ1) is 11.1. The summed E-state index contributed by atoms with van der Waals surface area (Å²) in [5, 5.41) is 0. The maximum atomic E-state index is 12.5. The maximum absolute atomic E-state index is 12.5. The molecule has 24 heavy (non-hydrogen) atoms. The van der Waals surface area contributed by atoms with E-state index in [1.54, 1.807) is 48.3 Å². The number of sulfonamides is 1. The molecule has 126 valence electrons. The smallest absolute Gasteiger partial charge is 0.261 e. The minimum Gasteiger partial charge on any atom is -0.314 e. The molecular weight excluding hydrogens is 324 g/mol. The van der Waals surface area contributed by atoms with E-state index in [-0.39, 0.29) is 10.8 Å². The van der Waals surface area contributed by atoms with Crippen molar-refractivity contribution in [1.82, 2.24) is 0 Å². The molecule has 1 aliphatic heterocycles. The lowest BCUT2D eigenvalue weighted by Crippen LogP contribution is -2.33. The quantitative estimate of drug-likeness (QED) is 0.930. The van der Waals surface area contributed by atoms with Gasteiger partial charge in [-0.1, -0.05) is 23.8 Å². The zero-order valence-electron chi connectivity index (χ0n) is 14.1. The van der Waals surface area contributed by atoms with Crippen LogP contribution in [0.3, 0.4) is 0 Å². The van der Waals surface area contributed by atoms with Crippen LogP contribution in [0.2, 0.25) is 0 Å². The van der Waals surface area contributed by atoms with Gasteiger partial charge in [0.25, 0.3) is 10.0 Å². The molecule has 0 aromatic heterocycles. The fourth-order valence-electron chi connectivity index (χ4n) is 2.98. The van der Waals surface area contributed by atoms with E-state index in [1.807, 2.05) is 26.8 Å². The Morgan fingerprint density at radius 1 is 1.04 bits per heavy atom. The number of benzene rings is 2. The lowest BCUT2D eigenvalue weighted by Gasteiger charge is -2.16. The summed E-state index contributed by atoms with van der Waals surface area (Å²) in [6.45, 7) is 5.64. The zero-order chi connectivity index (χ0) is 17.7. The number of aryl methyl sites for hydroxylation is 1. The van der Waals surface area contributed by atoms with Gasteiger partial charge in [0, 0.05) is 12.7 Å². The third kappa shape index (κ3) is 2.57. The highest BCUT2D eigenvalue weighted by atomic mass is 32.2. The van der Waals surface area contributed by atoms with Gasteiger partial charge in [0.2, 0.25) is 5.91 Å². The molecule has 1 aliphatic rings. The molecule has 0 fully saturated rings. The second kappa shape index (κ2) is 5.34. The monoisotopic (exact) mass is 344 g/mol. The van der Waals surface area contributed by atoms with Gasteiger partial charge in [-0.15, -0.1) is 0 Å². The average molecular weight is 344 g/mol. The minimum atomic E-state index is -3.66. The molecular formula is C18H20N2O3S. The molecule has 5 nitrogen and oxygen atoms in total. The van der Waals surface area contributed by atoms with E-state index in [2.05, 4.69) is 4.72 Å². The Morgan fingerprint density at radius 3 is 2.29 bits per heavy atom. The van der Waals surface area contributed by atoms with Crippen LogP contribution in [-0.2, 0) is 20.2 Å². The minimum absolute atomic E-state index is 0.00367. The predicted molar refractivity (Wildman–Crippen MR) is 94.9 cm³/mol. The molecule has 0 spiro atoms. The van der Waals surface area contributed by atoms with E-state index in [1.165, 1.54) is 0 Å². The number of fused-ring (bicyclic) bond motifs is 1. The number of nitrogens with zero attached hydrogens (tertiary/aromatic N) is 1. The van der Waals surface area contributed by atoms with Crippen molar-refractivity contribution in [3.05, 3.63) is 53.6 Å². The molecule has 3 rings (SSSR count). The molecule has 1 heterocycles. The Balaban J connectivity index is 1.96. The van der Waals surface area contributed by atoms with Crippen molar-refractivity contribution >= 4 is 27.3 Å². The summed E-state index contributed by atoms with van der Waals surface area (Å²) in [7, 11) is -1.96. The molecule has 0 unspecified atom stereocenters. The van der Waals surface area contributed by atoms with Crippen molar-refractivity contribution < 1.29 is 13.2 Å². The summed E-state index contributed by atoms with van der Waals surface area (Å²) in [6, 6.07) is 11.9. The molecule has 0 radical (unpaired) electrons. The Hall–Kier alpha value is -2.34. The predicted octanol–water partition coefficient (Wildman–Crippen LogP) is 3.05. The topological polar surface area (TPSA) is 66.5 Å². The summed E-state index contributed by atoms with van der Waals surface area (Å²) in [5.74, 6) is -0.00367. The fraction of sp³-hybridized carbons (Fsp3) is 0.278. The average Bonchev–Trinajstić information content (AvgIpc) is 2.68. The van der Waals surface area contributed by atoms with Crippen LogP contribution < -0.4 is 9.62 Å². The number of hydrogen-bond acceptors (Lipinski definition) is 3. The summed E-state index contributed by atoms with van der Waals surface area (Å²) in [5.41, 5.74) is 2.46. The van der Waals surface area contributed by atoms with Crippen molar-refractivity contribution in [3.63, 3.8) is 0 Å². The van der Waals surface area contributed by atoms with Crippen LogP contribution in [-0.4, -0.2) is 21.4 Å². The number of amides is 1. The van der Waals surface area contributed by atoms with Crippen LogP contribution in [0.15, 0.2) is 47.4 Å². The summed E-state index contributed by atoms with van der Waals surface area (Å²) in [4.78, 5) is 14.1. The Labute approximate surface area is 142 Å². The molecule has 1 N–H and O–H groups in total. The third-order valence-corrected chi connectivity index (χ3v) is 5.85. The number of rotatable bonds is 3. The van der Waals surface area contributed by atoms with Gasteiger partial charge in [-0.25, -0.2) is 8.42 Å². The molecule has 0 bridgehead atoms. The normalized spacial score (nSPS) is 16.2. The fourth-order valence-corrected chi connectivity index (χ4v) is 4.03. The zero-order valence-corrected chi connectivity index (χ0v) is 14.9. The van der Waals surface area contributed by atoms with Crippen molar-refractivity contribution in [3.8, 4) is 0 Å². The molecule has 1 amide bonds. The van der Waals surface area contributed by atoms with Crippen molar-refractivity contribution in [2.75, 3.05) is 16.7 Å². The Morgan fingerprint density at radius 2 is 1.67 bits per heavy atom. The van der Waals surface area contributed by atoms with E-state index in [9.17, 15) is 13.2 Å². The van der Waals surface area contributed by atoms with Crippen LogP contribution >= 0.6 is 0 Å². The number of hydrogen-bond donors (Lipinski definition) is 1. The highest BCUT2D eigenvalue weighted by molar-refractivity contribution is 7.92. The van der Waals surface area contributed by atoms with Gasteiger partial charge >= 0.3 is 0 Å². The van der Waals surface area contributed by atoms with Gasteiger partial charge in [-0.2, -0.15) is 0 Å². The first-order valence-corrected chi connectivity index (χ1v) is 9.13. The molecule has 0 saturated heterocycles. The second-order valence-electron chi connectivity index (χ2n) is 6.64. The van der Waals surface area contributed by atoms with Crippen molar-refractivity contribution in [2.24, 2.45) is 0 Å². The van der Waals surface area contributed by atoms with Gasteiger partial charge in [0.05, 0.1) is 16.0 Å². The first kappa shape index (κ1) is 16.5. The van der Waals surface area contributed by atoms with Crippen molar-refractivity contribution in [2.45, 2.75) is 31.1 Å². The molecule has 0 saturated carbocycles. The van der Waals surface area contributed by atoms with Crippen LogP contribution in [0.4, 0.5) is 11.4 Å². The third-order valence-electron chi connectivity index (χ3n) is 4.46. The van der Waals surface area contributed by atoms with Gasteiger partial charge in [0.1, 0.15) is 0 Å². The van der Waals surface area contributed by atoms with E-state index < -0.39 is 15.4 Å². The van der Waals surface area contributed by atoms with Crippen LogP contribution in [0.1, 0.15) is 25.0 Å². The van der Waals surface area contributed by atoms with Gasteiger partial charge in [-0.05, 0) is 50.6 Å². The highest BCUT2D eigenvalue weighted by Gasteiger charge is 2.42. The number of likely N-dealkylation sites (N-methyl/N-ethyl adjacent to an activating group) is 1. The number of carbonyl (C=O) groups excluding carboxylic acids is 1. The summed E-state index contributed by atoms with van der Waals surface area (Å²) in [6.07, 6.45) is 0. The molecule has 0 aliphatic carbocycles. The summed E-state index contributed by atoms with van der Waals surface area (Å²) >= 11 is 0. The van der Waals surface area contributed by atoms with E-state index in [4.69, 9.17) is 0 Å². The molecule has 6 heteroatoms. The number of anilines is 2. The second-order valence-corrected chi connectivity index (χ2v) is 8.32. The van der Waals surface area contributed by atoms with Crippen LogP contribution in [0.25, 0.3) is 0 Å². The maximum Gasteiger partial charge on any atom is 0.261 e. The Kier molecular flexibility index (Phi) is 3.68. The lowest BCUT2D eigenvalue weighted by atomic mass is 9.86.